The highest BCUT2D eigenvalue weighted by atomic mass is 16.5. The van der Waals surface area contributed by atoms with Gasteiger partial charge in [-0.3, -0.25) is 0 Å². The Labute approximate surface area is 149 Å². The predicted octanol–water partition coefficient (Wildman–Crippen LogP) is 3.28. The topological polar surface area (TPSA) is 95.7 Å². The highest BCUT2D eigenvalue weighted by Crippen LogP contribution is 2.32. The first-order valence-corrected chi connectivity index (χ1v) is 7.66. The summed E-state index contributed by atoms with van der Waals surface area (Å²) < 4.78 is 20.6. The number of aromatic nitrogens is 2. The van der Waals surface area contributed by atoms with Crippen molar-refractivity contribution in [2.24, 2.45) is 0 Å². The van der Waals surface area contributed by atoms with Crippen molar-refractivity contribution in [3.05, 3.63) is 48.0 Å². The largest absolute Gasteiger partial charge is 0.497 e. The van der Waals surface area contributed by atoms with Gasteiger partial charge in [0.15, 0.2) is 0 Å². The van der Waals surface area contributed by atoms with Crippen LogP contribution in [0.4, 0.5) is 11.7 Å². The number of rotatable bonds is 6. The van der Waals surface area contributed by atoms with Crippen LogP contribution in [0, 0.1) is 0 Å². The van der Waals surface area contributed by atoms with Crippen molar-refractivity contribution >= 4 is 17.7 Å². The normalized spacial score (nSPS) is 10.3. The fourth-order valence-corrected chi connectivity index (χ4v) is 2.37. The van der Waals surface area contributed by atoms with Gasteiger partial charge in [0.1, 0.15) is 11.5 Å². The van der Waals surface area contributed by atoms with E-state index in [4.69, 9.17) is 18.7 Å². The third kappa shape index (κ3) is 3.44. The third-order valence-corrected chi connectivity index (χ3v) is 3.65. The van der Waals surface area contributed by atoms with Gasteiger partial charge in [0.25, 0.3) is 0 Å². The number of para-hydroxylation sites is 1. The molecule has 0 aliphatic rings. The van der Waals surface area contributed by atoms with Crippen molar-refractivity contribution in [1.29, 1.82) is 0 Å². The Hall–Kier alpha value is -3.55. The number of nitrogens with zero attached hydrogens (tertiary/aromatic N) is 2. The van der Waals surface area contributed by atoms with Crippen LogP contribution >= 0.6 is 0 Å². The van der Waals surface area contributed by atoms with Crippen LogP contribution in [0.15, 0.2) is 47.0 Å². The molecule has 3 aromatic rings. The number of carbonyl (C=O) groups excluding carboxylic acids is 1. The lowest BCUT2D eigenvalue weighted by Crippen LogP contribution is -2.05. The number of ether oxygens (including phenoxy) is 3. The molecule has 26 heavy (non-hydrogen) atoms. The number of benzene rings is 2. The quantitative estimate of drug-likeness (QED) is 0.673. The van der Waals surface area contributed by atoms with Crippen molar-refractivity contribution in [3.63, 3.8) is 0 Å². The Balaban J connectivity index is 1.92. The first kappa shape index (κ1) is 17.3. The molecule has 8 heteroatoms. The third-order valence-electron chi connectivity index (χ3n) is 3.65. The van der Waals surface area contributed by atoms with Crippen LogP contribution in [0.25, 0.3) is 11.4 Å². The van der Waals surface area contributed by atoms with Gasteiger partial charge in [-0.25, -0.2) is 4.79 Å². The predicted molar refractivity (Wildman–Crippen MR) is 93.9 cm³/mol. The van der Waals surface area contributed by atoms with E-state index in [1.165, 1.54) is 7.11 Å². The molecule has 0 unspecified atom stereocenters. The summed E-state index contributed by atoms with van der Waals surface area (Å²) in [6, 6.07) is 12.3. The van der Waals surface area contributed by atoms with Crippen LogP contribution in [-0.4, -0.2) is 37.4 Å². The van der Waals surface area contributed by atoms with E-state index in [-0.39, 0.29) is 6.01 Å². The highest BCUT2D eigenvalue weighted by molar-refractivity contribution is 5.96. The van der Waals surface area contributed by atoms with Gasteiger partial charge in [0, 0.05) is 0 Å². The first-order valence-electron chi connectivity index (χ1n) is 7.66. The van der Waals surface area contributed by atoms with Crippen molar-refractivity contribution < 1.29 is 23.5 Å². The molecule has 3 rings (SSSR count). The van der Waals surface area contributed by atoms with E-state index >= 15 is 0 Å². The molecule has 0 aliphatic carbocycles. The van der Waals surface area contributed by atoms with Gasteiger partial charge in [0.2, 0.25) is 5.82 Å². The molecule has 0 saturated heterocycles. The van der Waals surface area contributed by atoms with Crippen molar-refractivity contribution in [2.45, 2.75) is 0 Å². The minimum Gasteiger partial charge on any atom is -0.497 e. The van der Waals surface area contributed by atoms with Gasteiger partial charge in [-0.15, -0.1) is 0 Å². The number of methoxy groups -OCH3 is 3. The molecule has 0 aliphatic heterocycles. The number of carbonyl (C=O) groups is 1. The van der Waals surface area contributed by atoms with E-state index in [1.54, 1.807) is 56.7 Å². The van der Waals surface area contributed by atoms with Crippen LogP contribution in [0.1, 0.15) is 10.4 Å². The van der Waals surface area contributed by atoms with E-state index in [0.29, 0.717) is 34.1 Å². The molecule has 8 nitrogen and oxygen atoms in total. The van der Waals surface area contributed by atoms with Crippen molar-refractivity contribution in [3.8, 4) is 22.9 Å². The van der Waals surface area contributed by atoms with Gasteiger partial charge in [-0.2, -0.15) is 4.98 Å². The molecule has 0 bridgehead atoms. The SMILES string of the molecule is COC(=O)c1ccccc1Nc1nc(-c2cc(OC)ccc2OC)no1. The summed E-state index contributed by atoms with van der Waals surface area (Å²) in [7, 11) is 4.44. The van der Waals surface area contributed by atoms with E-state index in [9.17, 15) is 4.79 Å². The van der Waals surface area contributed by atoms with Crippen molar-refractivity contribution in [2.75, 3.05) is 26.6 Å². The van der Waals surface area contributed by atoms with Gasteiger partial charge in [0.05, 0.1) is 38.1 Å². The summed E-state index contributed by atoms with van der Waals surface area (Å²) in [6.45, 7) is 0. The number of esters is 1. The number of anilines is 2. The monoisotopic (exact) mass is 355 g/mol. The molecule has 134 valence electrons. The molecule has 2 aromatic carbocycles. The van der Waals surface area contributed by atoms with Gasteiger partial charge < -0.3 is 24.1 Å². The second-order valence-corrected chi connectivity index (χ2v) is 5.15. The van der Waals surface area contributed by atoms with Gasteiger partial charge in [-0.1, -0.05) is 17.3 Å². The fraction of sp³-hybridized carbons (Fsp3) is 0.167. The van der Waals surface area contributed by atoms with Crippen LogP contribution in [0.5, 0.6) is 11.5 Å². The van der Waals surface area contributed by atoms with E-state index in [1.807, 2.05) is 0 Å². The molecular weight excluding hydrogens is 338 g/mol. The summed E-state index contributed by atoms with van der Waals surface area (Å²) in [5.74, 6) is 1.06. The summed E-state index contributed by atoms with van der Waals surface area (Å²) >= 11 is 0. The van der Waals surface area contributed by atoms with E-state index in [0.717, 1.165) is 0 Å². The molecule has 0 fully saturated rings. The maximum absolute atomic E-state index is 11.8. The first-order chi connectivity index (χ1) is 12.7. The Morgan fingerprint density at radius 2 is 1.88 bits per heavy atom. The Morgan fingerprint density at radius 1 is 1.08 bits per heavy atom. The zero-order valence-electron chi connectivity index (χ0n) is 14.5. The zero-order chi connectivity index (χ0) is 18.5. The molecule has 1 aromatic heterocycles. The van der Waals surface area contributed by atoms with Crippen molar-refractivity contribution in [1.82, 2.24) is 10.1 Å². The maximum Gasteiger partial charge on any atom is 0.339 e. The fourth-order valence-electron chi connectivity index (χ4n) is 2.37. The van der Waals surface area contributed by atoms with Crippen LogP contribution in [0.2, 0.25) is 0 Å². The number of nitrogens with one attached hydrogen (secondary N) is 1. The average molecular weight is 355 g/mol. The van der Waals surface area contributed by atoms with E-state index in [2.05, 4.69) is 15.5 Å². The van der Waals surface area contributed by atoms with Gasteiger partial charge >= 0.3 is 12.0 Å². The molecule has 0 atom stereocenters. The Morgan fingerprint density at radius 3 is 2.62 bits per heavy atom. The second-order valence-electron chi connectivity index (χ2n) is 5.15. The molecule has 1 heterocycles. The number of hydrogen-bond acceptors (Lipinski definition) is 8. The Kier molecular flexibility index (Phi) is 5.02. The summed E-state index contributed by atoms with van der Waals surface area (Å²) in [5.41, 5.74) is 1.46. The lowest BCUT2D eigenvalue weighted by molar-refractivity contribution is 0.0602. The smallest absolute Gasteiger partial charge is 0.339 e. The van der Waals surface area contributed by atoms with E-state index < -0.39 is 5.97 Å². The minimum atomic E-state index is -0.470. The van der Waals surface area contributed by atoms with Gasteiger partial charge in [-0.05, 0) is 30.3 Å². The zero-order valence-corrected chi connectivity index (χ0v) is 14.5. The molecule has 0 saturated carbocycles. The molecule has 1 N–H and O–H groups in total. The summed E-state index contributed by atoms with van der Waals surface area (Å²) in [6.07, 6.45) is 0. The lowest BCUT2D eigenvalue weighted by Gasteiger charge is -2.07. The summed E-state index contributed by atoms with van der Waals surface area (Å²) in [5, 5.41) is 6.89. The molecular formula is C18H17N3O5. The molecule has 0 spiro atoms. The molecule has 0 radical (unpaired) electrons. The summed E-state index contributed by atoms with van der Waals surface area (Å²) in [4.78, 5) is 16.2. The van der Waals surface area contributed by atoms with Crippen LogP contribution in [-0.2, 0) is 4.74 Å². The maximum atomic E-state index is 11.8. The number of hydrogen-bond donors (Lipinski definition) is 1. The second kappa shape index (κ2) is 7.56. The minimum absolute atomic E-state index is 0.126. The molecule has 0 amide bonds. The Bertz CT molecular complexity index is 923. The van der Waals surface area contributed by atoms with Crippen LogP contribution < -0.4 is 14.8 Å². The standard InChI is InChI=1S/C18H17N3O5/c1-23-11-8-9-15(24-2)13(10-11)16-20-18(26-21-16)19-14-7-5-4-6-12(14)17(22)25-3/h4-10H,1-3H3,(H,19,20,21). The van der Waals surface area contributed by atoms with Crippen LogP contribution in [0.3, 0.4) is 0 Å². The lowest BCUT2D eigenvalue weighted by atomic mass is 10.2. The average Bonchev–Trinajstić information content (AvgIpc) is 3.15. The highest BCUT2D eigenvalue weighted by Gasteiger charge is 2.17.